The Labute approximate surface area is 290 Å². The third-order valence-corrected chi connectivity index (χ3v) is 10.8. The van der Waals surface area contributed by atoms with E-state index in [9.17, 15) is 9.46 Å². The zero-order valence-corrected chi connectivity index (χ0v) is 30.6. The van der Waals surface area contributed by atoms with Gasteiger partial charge in [-0.15, -0.1) is 0 Å². The fraction of sp³-hybridized carbons (Fsp3) is 0.273. The maximum atomic E-state index is 14.3. The molecule has 6 aromatic carbocycles. The first-order chi connectivity index (χ1) is 23.3. The summed E-state index contributed by atoms with van der Waals surface area (Å²) in [6.45, 7) is 17.6. The van der Waals surface area contributed by atoms with Crippen molar-refractivity contribution in [1.82, 2.24) is 0 Å². The van der Waals surface area contributed by atoms with Crippen molar-refractivity contribution in [2.75, 3.05) is 0 Å². The molecule has 0 spiro atoms. The smallest absolute Gasteiger partial charge is 0.394 e. The van der Waals surface area contributed by atoms with E-state index in [1.165, 1.54) is 11.1 Å². The van der Waals surface area contributed by atoms with Gasteiger partial charge in [0, 0.05) is 22.3 Å². The van der Waals surface area contributed by atoms with E-state index in [0.717, 1.165) is 66.1 Å². The third kappa shape index (κ3) is 5.86. The molecule has 1 N–H and O–H groups in total. The molecule has 0 aromatic heterocycles. The van der Waals surface area contributed by atoms with Crippen LogP contribution < -0.4 is 9.05 Å². The van der Waals surface area contributed by atoms with Crippen LogP contribution in [0.1, 0.15) is 101 Å². The van der Waals surface area contributed by atoms with Crippen molar-refractivity contribution in [3.63, 3.8) is 0 Å². The highest BCUT2D eigenvalue weighted by Crippen LogP contribution is 2.62. The second kappa shape index (κ2) is 12.5. The fourth-order valence-corrected chi connectivity index (χ4v) is 8.20. The number of hydrogen-bond acceptors (Lipinski definition) is 3. The standard InChI is InChI=1S/C44H45O4P/c1-25(2)29-17-19-35(37(21-29)27(5)6)39-23-31-13-9-11-15-33(31)41-42-34-16-12-10-14-32(34)24-40(44(42)48-49(45,46)47-43(39)41)36-20-18-30(26(3)4)22-38(36)28(7)8/h9-28H,1-8H3,(H,45,46). The fourth-order valence-electron chi connectivity index (χ4n) is 7.32. The van der Waals surface area contributed by atoms with E-state index in [2.05, 4.69) is 128 Å². The molecule has 6 aromatic rings. The number of phosphoric acid groups is 1. The van der Waals surface area contributed by atoms with E-state index in [4.69, 9.17) is 9.05 Å². The molecule has 0 fully saturated rings. The first kappa shape index (κ1) is 33.1. The minimum Gasteiger partial charge on any atom is -0.394 e. The molecule has 0 amide bonds. The van der Waals surface area contributed by atoms with Crippen molar-refractivity contribution in [3.05, 3.63) is 119 Å². The van der Waals surface area contributed by atoms with Gasteiger partial charge in [-0.25, -0.2) is 4.57 Å². The van der Waals surface area contributed by atoms with Gasteiger partial charge < -0.3 is 9.05 Å². The van der Waals surface area contributed by atoms with Crippen molar-refractivity contribution in [2.45, 2.75) is 79.1 Å². The number of phosphoric ester groups is 1. The van der Waals surface area contributed by atoms with Crippen molar-refractivity contribution in [1.29, 1.82) is 0 Å². The lowest BCUT2D eigenvalue weighted by atomic mass is 9.82. The summed E-state index contributed by atoms with van der Waals surface area (Å²) in [5, 5.41) is 3.89. The van der Waals surface area contributed by atoms with Gasteiger partial charge in [0.2, 0.25) is 0 Å². The Hall–Kier alpha value is -4.37. The van der Waals surface area contributed by atoms with Gasteiger partial charge in [-0.05, 0) is 90.7 Å². The summed E-state index contributed by atoms with van der Waals surface area (Å²) in [4.78, 5) is 11.6. The highest BCUT2D eigenvalue weighted by atomic mass is 31.2. The van der Waals surface area contributed by atoms with Crippen LogP contribution >= 0.6 is 7.82 Å². The lowest BCUT2D eigenvalue weighted by Gasteiger charge is -2.22. The zero-order chi connectivity index (χ0) is 34.8. The molecule has 4 nitrogen and oxygen atoms in total. The topological polar surface area (TPSA) is 55.8 Å². The van der Waals surface area contributed by atoms with Crippen LogP contribution in [0.5, 0.6) is 11.5 Å². The van der Waals surface area contributed by atoms with E-state index >= 15 is 0 Å². The summed E-state index contributed by atoms with van der Waals surface area (Å²) in [7, 11) is -4.67. The predicted molar refractivity (Wildman–Crippen MR) is 205 cm³/mol. The molecule has 0 unspecified atom stereocenters. The maximum Gasteiger partial charge on any atom is 0.584 e. The molecule has 0 atom stereocenters. The Morgan fingerprint density at radius 1 is 0.490 bits per heavy atom. The first-order valence-corrected chi connectivity index (χ1v) is 19.0. The molecule has 0 radical (unpaired) electrons. The lowest BCUT2D eigenvalue weighted by Crippen LogP contribution is -2.02. The van der Waals surface area contributed by atoms with Crippen LogP contribution in [0.3, 0.4) is 0 Å². The van der Waals surface area contributed by atoms with Crippen molar-refractivity contribution < 1.29 is 18.5 Å². The van der Waals surface area contributed by atoms with Crippen LogP contribution in [0.2, 0.25) is 0 Å². The van der Waals surface area contributed by atoms with Crippen LogP contribution in [-0.4, -0.2) is 4.89 Å². The summed E-state index contributed by atoms with van der Waals surface area (Å²) >= 11 is 0. The Balaban J connectivity index is 1.66. The molecule has 7 rings (SSSR count). The molecule has 0 saturated heterocycles. The van der Waals surface area contributed by atoms with Crippen LogP contribution in [0.25, 0.3) is 54.9 Å². The predicted octanol–water partition coefficient (Wildman–Crippen LogP) is 13.4. The molecular formula is C44H45O4P. The molecule has 250 valence electrons. The van der Waals surface area contributed by atoms with E-state index in [-0.39, 0.29) is 11.8 Å². The Kier molecular flexibility index (Phi) is 8.46. The molecule has 0 bridgehead atoms. The van der Waals surface area contributed by atoms with Gasteiger partial charge in [0.1, 0.15) is 11.5 Å². The van der Waals surface area contributed by atoms with Crippen molar-refractivity contribution >= 4 is 29.4 Å². The molecular weight excluding hydrogens is 623 g/mol. The SMILES string of the molecule is CC(C)c1ccc(-c2cc3ccccc3c3c2OP(=O)(O)Oc2c(-c4ccc(C(C)C)cc4C(C)C)cc4ccccc4c2-3)c(C(C)C)c1. The molecule has 49 heavy (non-hydrogen) atoms. The number of rotatable bonds is 6. The van der Waals surface area contributed by atoms with Crippen LogP contribution in [-0.2, 0) is 4.57 Å². The molecule has 0 aliphatic carbocycles. The van der Waals surface area contributed by atoms with Gasteiger partial charge in [-0.1, -0.05) is 140 Å². The molecule has 5 heteroatoms. The number of benzene rings is 6. The van der Waals surface area contributed by atoms with Gasteiger partial charge in [0.15, 0.2) is 0 Å². The van der Waals surface area contributed by atoms with Gasteiger partial charge in [0.05, 0.1) is 0 Å². The van der Waals surface area contributed by atoms with Crippen LogP contribution in [0.15, 0.2) is 97.1 Å². The van der Waals surface area contributed by atoms with Gasteiger partial charge in [-0.2, -0.15) is 0 Å². The van der Waals surface area contributed by atoms with Gasteiger partial charge in [-0.3, -0.25) is 4.89 Å². The Morgan fingerprint density at radius 2 is 0.878 bits per heavy atom. The summed E-state index contributed by atoms with van der Waals surface area (Å²) in [6.07, 6.45) is 0. The van der Waals surface area contributed by atoms with E-state index < -0.39 is 7.82 Å². The van der Waals surface area contributed by atoms with E-state index in [1.807, 2.05) is 24.3 Å². The lowest BCUT2D eigenvalue weighted by molar-refractivity contribution is 0.295. The average molecular weight is 669 g/mol. The molecule has 1 aliphatic heterocycles. The second-order valence-electron chi connectivity index (χ2n) is 14.7. The first-order valence-electron chi connectivity index (χ1n) is 17.5. The van der Waals surface area contributed by atoms with E-state index in [0.29, 0.717) is 23.3 Å². The monoisotopic (exact) mass is 668 g/mol. The number of hydrogen-bond donors (Lipinski definition) is 1. The summed E-state index contributed by atoms with van der Waals surface area (Å²) in [5.41, 5.74) is 9.87. The van der Waals surface area contributed by atoms with Crippen molar-refractivity contribution in [3.8, 4) is 44.9 Å². The second-order valence-corrected chi connectivity index (χ2v) is 16.0. The summed E-state index contributed by atoms with van der Waals surface area (Å²) in [5.74, 6) is 1.88. The molecule has 1 aliphatic rings. The quantitative estimate of drug-likeness (QED) is 0.180. The number of fused-ring (bicyclic) bond motifs is 7. The Bertz CT molecular complexity index is 2140. The van der Waals surface area contributed by atoms with Crippen LogP contribution in [0, 0.1) is 0 Å². The average Bonchev–Trinajstić information content (AvgIpc) is 3.20. The Morgan fingerprint density at radius 3 is 1.24 bits per heavy atom. The normalized spacial score (nSPS) is 13.9. The summed E-state index contributed by atoms with van der Waals surface area (Å²) < 4.78 is 26.8. The minimum atomic E-state index is -4.67. The minimum absolute atomic E-state index is 0.210. The third-order valence-electron chi connectivity index (χ3n) is 9.98. The van der Waals surface area contributed by atoms with Gasteiger partial charge >= 0.3 is 7.82 Å². The van der Waals surface area contributed by atoms with Crippen LogP contribution in [0.4, 0.5) is 0 Å². The van der Waals surface area contributed by atoms with Gasteiger partial charge in [0.25, 0.3) is 0 Å². The zero-order valence-electron chi connectivity index (χ0n) is 29.7. The van der Waals surface area contributed by atoms with E-state index in [1.54, 1.807) is 0 Å². The maximum absolute atomic E-state index is 14.3. The summed E-state index contributed by atoms with van der Waals surface area (Å²) in [6, 6.07) is 33.8. The van der Waals surface area contributed by atoms with Crippen molar-refractivity contribution in [2.24, 2.45) is 0 Å². The largest absolute Gasteiger partial charge is 0.584 e. The molecule has 1 heterocycles. The molecule has 0 saturated carbocycles. The highest BCUT2D eigenvalue weighted by molar-refractivity contribution is 7.48. The highest BCUT2D eigenvalue weighted by Gasteiger charge is 2.38.